The highest BCUT2D eigenvalue weighted by Gasteiger charge is 2.26. The molecular weight excluding hydrogens is 243 g/mol. The van der Waals surface area contributed by atoms with Crippen molar-refractivity contribution in [1.29, 1.82) is 0 Å². The van der Waals surface area contributed by atoms with Crippen molar-refractivity contribution in [1.82, 2.24) is 0 Å². The molecule has 0 aliphatic carbocycles. The molecule has 0 aliphatic heterocycles. The molecule has 0 fully saturated rings. The van der Waals surface area contributed by atoms with Crippen LogP contribution in [0.15, 0.2) is 24.3 Å². The van der Waals surface area contributed by atoms with Crippen LogP contribution in [0.3, 0.4) is 0 Å². The van der Waals surface area contributed by atoms with Crippen molar-refractivity contribution in [3.05, 3.63) is 29.8 Å². The Labute approximate surface area is 105 Å². The van der Waals surface area contributed by atoms with Gasteiger partial charge in [-0.2, -0.15) is 13.2 Å². The molecule has 18 heavy (non-hydrogen) atoms. The summed E-state index contributed by atoms with van der Waals surface area (Å²) in [4.78, 5) is 0. The number of halogens is 3. The molecule has 0 saturated heterocycles. The summed E-state index contributed by atoms with van der Waals surface area (Å²) in [6.07, 6.45) is -3.36. The molecule has 0 spiro atoms. The van der Waals surface area contributed by atoms with E-state index < -0.39 is 12.6 Å². The Morgan fingerprint density at radius 2 is 1.83 bits per heavy atom. The van der Waals surface area contributed by atoms with Gasteiger partial charge in [0, 0.05) is 6.04 Å². The highest BCUT2D eigenvalue weighted by atomic mass is 19.4. The van der Waals surface area contributed by atoms with Crippen LogP contribution >= 0.6 is 0 Å². The Hall–Kier alpha value is -1.23. The van der Waals surface area contributed by atoms with Crippen molar-refractivity contribution in [2.75, 3.05) is 6.61 Å². The summed E-state index contributed by atoms with van der Waals surface area (Å²) in [5, 5.41) is 0. The smallest absolute Gasteiger partial charge is 0.392 e. The van der Waals surface area contributed by atoms with E-state index >= 15 is 0 Å². The quantitative estimate of drug-likeness (QED) is 0.852. The van der Waals surface area contributed by atoms with Gasteiger partial charge in [0.2, 0.25) is 0 Å². The molecule has 0 heterocycles. The van der Waals surface area contributed by atoms with Crippen LogP contribution in [-0.4, -0.2) is 18.8 Å². The van der Waals surface area contributed by atoms with Crippen LogP contribution in [0.25, 0.3) is 0 Å². The summed E-state index contributed by atoms with van der Waals surface area (Å²) in [5.41, 5.74) is 6.75. The molecule has 1 unspecified atom stereocenters. The Morgan fingerprint density at radius 1 is 1.22 bits per heavy atom. The zero-order valence-corrected chi connectivity index (χ0v) is 10.3. The molecule has 102 valence electrons. The third-order valence-electron chi connectivity index (χ3n) is 2.47. The number of hydrogen-bond acceptors (Lipinski definition) is 2. The molecule has 1 rings (SSSR count). The van der Waals surface area contributed by atoms with Gasteiger partial charge in [-0.05, 0) is 37.5 Å². The van der Waals surface area contributed by atoms with Crippen LogP contribution < -0.4 is 10.5 Å². The fraction of sp³-hybridized carbons (Fsp3) is 0.538. The largest absolute Gasteiger partial charge is 0.493 e. The number of nitrogens with two attached hydrogens (primary N) is 1. The second kappa shape index (κ2) is 6.64. The molecule has 0 aromatic heterocycles. The fourth-order valence-electron chi connectivity index (χ4n) is 1.43. The average molecular weight is 261 g/mol. The normalized spacial score (nSPS) is 13.4. The van der Waals surface area contributed by atoms with Crippen LogP contribution in [0.2, 0.25) is 0 Å². The van der Waals surface area contributed by atoms with E-state index in [1.165, 1.54) is 0 Å². The predicted molar refractivity (Wildman–Crippen MR) is 64.6 cm³/mol. The molecule has 1 aromatic rings. The minimum atomic E-state index is -4.17. The first-order valence-electron chi connectivity index (χ1n) is 5.91. The van der Waals surface area contributed by atoms with E-state index in [9.17, 15) is 13.2 Å². The van der Waals surface area contributed by atoms with Crippen LogP contribution in [0, 0.1) is 0 Å². The summed E-state index contributed by atoms with van der Waals surface area (Å²) < 4.78 is 40.7. The van der Waals surface area contributed by atoms with E-state index in [1.807, 2.05) is 19.1 Å². The zero-order chi connectivity index (χ0) is 13.6. The SMILES string of the molecule is CC(N)CCc1ccc(OCCC(F)(F)F)cc1. The van der Waals surface area contributed by atoms with Gasteiger partial charge in [-0.3, -0.25) is 0 Å². The Balaban J connectivity index is 2.36. The minimum absolute atomic E-state index is 0.146. The minimum Gasteiger partial charge on any atom is -0.493 e. The molecule has 1 aromatic carbocycles. The Bertz CT molecular complexity index is 346. The topological polar surface area (TPSA) is 35.2 Å². The van der Waals surface area contributed by atoms with Crippen LogP contribution in [0.5, 0.6) is 5.75 Å². The van der Waals surface area contributed by atoms with Gasteiger partial charge >= 0.3 is 6.18 Å². The molecule has 0 bridgehead atoms. The lowest BCUT2D eigenvalue weighted by atomic mass is 10.1. The maximum Gasteiger partial charge on any atom is 0.392 e. The monoisotopic (exact) mass is 261 g/mol. The summed E-state index contributed by atoms with van der Waals surface area (Å²) in [5.74, 6) is 0.462. The first-order chi connectivity index (χ1) is 8.37. The molecule has 0 radical (unpaired) electrons. The van der Waals surface area contributed by atoms with Crippen molar-refractivity contribution >= 4 is 0 Å². The lowest BCUT2D eigenvalue weighted by Crippen LogP contribution is -2.15. The summed E-state index contributed by atoms with van der Waals surface area (Å²) in [6, 6.07) is 7.23. The van der Waals surface area contributed by atoms with Gasteiger partial charge in [-0.1, -0.05) is 12.1 Å². The third-order valence-corrected chi connectivity index (χ3v) is 2.47. The predicted octanol–water partition coefficient (Wildman–Crippen LogP) is 3.30. The molecule has 1 atom stereocenters. The van der Waals surface area contributed by atoms with Gasteiger partial charge in [-0.25, -0.2) is 0 Å². The van der Waals surface area contributed by atoms with Crippen molar-refractivity contribution in [2.24, 2.45) is 5.73 Å². The highest BCUT2D eigenvalue weighted by Crippen LogP contribution is 2.20. The Kier molecular flexibility index (Phi) is 5.47. The van der Waals surface area contributed by atoms with Crippen molar-refractivity contribution in [3.63, 3.8) is 0 Å². The van der Waals surface area contributed by atoms with Crippen LogP contribution in [0.1, 0.15) is 25.3 Å². The van der Waals surface area contributed by atoms with E-state index in [0.717, 1.165) is 18.4 Å². The molecule has 0 amide bonds. The van der Waals surface area contributed by atoms with E-state index in [-0.39, 0.29) is 12.6 Å². The Morgan fingerprint density at radius 3 is 2.33 bits per heavy atom. The van der Waals surface area contributed by atoms with Crippen molar-refractivity contribution in [2.45, 2.75) is 38.4 Å². The van der Waals surface area contributed by atoms with Crippen molar-refractivity contribution < 1.29 is 17.9 Å². The molecule has 2 nitrogen and oxygen atoms in total. The van der Waals surface area contributed by atoms with Crippen molar-refractivity contribution in [3.8, 4) is 5.75 Å². The van der Waals surface area contributed by atoms with Crippen LogP contribution in [-0.2, 0) is 6.42 Å². The number of aryl methyl sites for hydroxylation is 1. The number of rotatable bonds is 6. The lowest BCUT2D eigenvalue weighted by Gasteiger charge is -2.09. The maximum absolute atomic E-state index is 11.9. The number of hydrogen-bond donors (Lipinski definition) is 1. The molecular formula is C13H18F3NO. The maximum atomic E-state index is 11.9. The number of benzene rings is 1. The van der Waals surface area contributed by atoms with E-state index in [0.29, 0.717) is 5.75 Å². The lowest BCUT2D eigenvalue weighted by molar-refractivity contribution is -0.139. The van der Waals surface area contributed by atoms with E-state index in [1.54, 1.807) is 12.1 Å². The summed E-state index contributed by atoms with van der Waals surface area (Å²) in [7, 11) is 0. The molecule has 2 N–H and O–H groups in total. The molecule has 0 saturated carbocycles. The van der Waals surface area contributed by atoms with E-state index in [2.05, 4.69) is 0 Å². The van der Waals surface area contributed by atoms with Gasteiger partial charge < -0.3 is 10.5 Å². The summed E-state index contributed by atoms with van der Waals surface area (Å²) >= 11 is 0. The molecule has 0 aliphatic rings. The summed E-state index contributed by atoms with van der Waals surface area (Å²) in [6.45, 7) is 1.59. The van der Waals surface area contributed by atoms with Gasteiger partial charge in [0.25, 0.3) is 0 Å². The van der Waals surface area contributed by atoms with Crippen LogP contribution in [0.4, 0.5) is 13.2 Å². The highest BCUT2D eigenvalue weighted by molar-refractivity contribution is 5.27. The average Bonchev–Trinajstić information content (AvgIpc) is 2.26. The first-order valence-corrected chi connectivity index (χ1v) is 5.91. The van der Waals surface area contributed by atoms with Gasteiger partial charge in [0.15, 0.2) is 0 Å². The molecule has 5 heteroatoms. The first kappa shape index (κ1) is 14.8. The number of ether oxygens (including phenoxy) is 1. The van der Waals surface area contributed by atoms with Gasteiger partial charge in [-0.15, -0.1) is 0 Å². The number of alkyl halides is 3. The fourth-order valence-corrected chi connectivity index (χ4v) is 1.43. The second-order valence-corrected chi connectivity index (χ2v) is 4.37. The van der Waals surface area contributed by atoms with Gasteiger partial charge in [0.05, 0.1) is 13.0 Å². The zero-order valence-electron chi connectivity index (χ0n) is 10.3. The second-order valence-electron chi connectivity index (χ2n) is 4.37. The standard InChI is InChI=1S/C13H18F3NO/c1-10(17)2-3-11-4-6-12(7-5-11)18-9-8-13(14,15)16/h4-7,10H,2-3,8-9,17H2,1H3. The van der Waals surface area contributed by atoms with Gasteiger partial charge in [0.1, 0.15) is 5.75 Å². The van der Waals surface area contributed by atoms with E-state index in [4.69, 9.17) is 10.5 Å². The third kappa shape index (κ3) is 6.49.